The van der Waals surface area contributed by atoms with E-state index in [4.69, 9.17) is 0 Å². The van der Waals surface area contributed by atoms with Crippen molar-refractivity contribution in [1.82, 2.24) is 0 Å². The van der Waals surface area contributed by atoms with Crippen LogP contribution in [0, 0.1) is 0 Å². The molecule has 0 bridgehead atoms. The second-order valence-electron chi connectivity index (χ2n) is 0.973. The van der Waals surface area contributed by atoms with Gasteiger partial charge in [0, 0.05) is 0 Å². The smallest absolute Gasteiger partial charge is 0.224 e. The molecule has 2 nitrogen and oxygen atoms in total. The monoisotopic (exact) mass is 101 g/mol. The van der Waals surface area contributed by atoms with Gasteiger partial charge in [0.15, 0.2) is 9.68 Å². The number of hydrogen-bond donors (Lipinski definition) is 0. The highest BCUT2D eigenvalue weighted by Gasteiger charge is 1.69. The van der Waals surface area contributed by atoms with Crippen LogP contribution in [0.15, 0.2) is 4.66 Å². The maximum atomic E-state index is 9.31. The Hall–Kier alpha value is -0.403. The Bertz CT molecular complexity index is 67.2. The molecule has 0 amide bonds. The van der Waals surface area contributed by atoms with E-state index in [2.05, 4.69) is 4.66 Å². The minimum atomic E-state index is -0.377. The molecule has 0 atom stereocenters. The molecule has 0 radical (unpaired) electrons. The SMILES string of the molecule is CC[SiH2]N=C=O. The van der Waals surface area contributed by atoms with Crippen molar-refractivity contribution < 1.29 is 4.79 Å². The Labute approximate surface area is 39.2 Å². The third kappa shape index (κ3) is 3.60. The first-order valence-electron chi connectivity index (χ1n) is 1.95. The van der Waals surface area contributed by atoms with Crippen LogP contribution in [0.5, 0.6) is 0 Å². The molecule has 3 heteroatoms. The van der Waals surface area contributed by atoms with Crippen molar-refractivity contribution in [1.29, 1.82) is 0 Å². The van der Waals surface area contributed by atoms with E-state index in [9.17, 15) is 4.79 Å². The molecular weight excluding hydrogens is 94.1 g/mol. The summed E-state index contributed by atoms with van der Waals surface area (Å²) in [6.45, 7) is 2.02. The molecule has 0 saturated carbocycles. The number of nitrogens with zero attached hydrogens (tertiary/aromatic N) is 1. The van der Waals surface area contributed by atoms with Gasteiger partial charge in [0.1, 0.15) is 0 Å². The molecule has 0 aromatic carbocycles. The second kappa shape index (κ2) is 4.60. The summed E-state index contributed by atoms with van der Waals surface area (Å²) >= 11 is 0. The summed E-state index contributed by atoms with van der Waals surface area (Å²) in [6.07, 6.45) is 1.51. The zero-order valence-electron chi connectivity index (χ0n) is 3.77. The predicted molar refractivity (Wildman–Crippen MR) is 27.1 cm³/mol. The Morgan fingerprint density at radius 1 is 2.00 bits per heavy atom. The van der Waals surface area contributed by atoms with Crippen LogP contribution in [0.25, 0.3) is 0 Å². The van der Waals surface area contributed by atoms with Gasteiger partial charge in [0.25, 0.3) is 0 Å². The van der Waals surface area contributed by atoms with E-state index in [-0.39, 0.29) is 9.68 Å². The van der Waals surface area contributed by atoms with Crippen molar-refractivity contribution in [2.45, 2.75) is 13.0 Å². The van der Waals surface area contributed by atoms with E-state index in [0.29, 0.717) is 0 Å². The number of rotatable bonds is 2. The first-order valence-corrected chi connectivity index (χ1v) is 3.58. The van der Waals surface area contributed by atoms with Gasteiger partial charge in [-0.2, -0.15) is 0 Å². The lowest BCUT2D eigenvalue weighted by Gasteiger charge is -1.69. The molecule has 0 saturated heterocycles. The Morgan fingerprint density at radius 3 is 2.83 bits per heavy atom. The van der Waals surface area contributed by atoms with Gasteiger partial charge in [-0.3, -0.25) is 4.66 Å². The molecule has 0 unspecified atom stereocenters. The van der Waals surface area contributed by atoms with Gasteiger partial charge < -0.3 is 0 Å². The standard InChI is InChI=1S/C3H7NOSi/c1-2-6-4-3-5/h2,6H2,1H3. The lowest BCUT2D eigenvalue weighted by Crippen LogP contribution is -1.75. The van der Waals surface area contributed by atoms with Gasteiger partial charge in [-0.15, -0.1) is 0 Å². The van der Waals surface area contributed by atoms with E-state index in [1.54, 1.807) is 0 Å². The highest BCUT2D eigenvalue weighted by molar-refractivity contribution is 6.34. The normalized spacial score (nSPS) is 8.83. The molecule has 0 rings (SSSR count). The van der Waals surface area contributed by atoms with Crippen molar-refractivity contribution in [2.24, 2.45) is 4.66 Å². The summed E-state index contributed by atoms with van der Waals surface area (Å²) in [5.41, 5.74) is 0. The third-order valence-corrected chi connectivity index (χ3v) is 1.20. The molecular formula is C3H7NOSi. The van der Waals surface area contributed by atoms with Crippen molar-refractivity contribution in [2.75, 3.05) is 0 Å². The molecule has 0 fully saturated rings. The van der Waals surface area contributed by atoms with E-state index >= 15 is 0 Å². The van der Waals surface area contributed by atoms with Gasteiger partial charge >= 0.3 is 0 Å². The fourth-order valence-corrected chi connectivity index (χ4v) is 0.472. The van der Waals surface area contributed by atoms with Crippen molar-refractivity contribution in [3.8, 4) is 0 Å². The molecule has 0 spiro atoms. The lowest BCUT2D eigenvalue weighted by molar-refractivity contribution is 0.566. The molecule has 0 heterocycles. The highest BCUT2D eigenvalue weighted by Crippen LogP contribution is 1.68. The predicted octanol–water partition coefficient (Wildman–Crippen LogP) is -0.156. The first kappa shape index (κ1) is 5.60. The van der Waals surface area contributed by atoms with Gasteiger partial charge in [-0.25, -0.2) is 4.79 Å². The van der Waals surface area contributed by atoms with Crippen LogP contribution in [0.3, 0.4) is 0 Å². The van der Waals surface area contributed by atoms with Crippen LogP contribution in [-0.4, -0.2) is 15.8 Å². The van der Waals surface area contributed by atoms with E-state index in [1.807, 2.05) is 6.92 Å². The minimum Gasteiger partial charge on any atom is -0.256 e. The van der Waals surface area contributed by atoms with Gasteiger partial charge in [-0.05, 0) is 6.04 Å². The number of hydrogen-bond acceptors (Lipinski definition) is 2. The fourth-order valence-electron chi connectivity index (χ4n) is 0.157. The van der Waals surface area contributed by atoms with Crippen LogP contribution in [0.1, 0.15) is 6.92 Å². The van der Waals surface area contributed by atoms with Crippen molar-refractivity contribution >= 4 is 15.8 Å². The Kier molecular flexibility index (Phi) is 4.29. The molecule has 0 aliphatic carbocycles. The summed E-state index contributed by atoms with van der Waals surface area (Å²) in [4.78, 5) is 9.31. The molecule has 0 aromatic rings. The second-order valence-corrected chi connectivity index (χ2v) is 2.74. The highest BCUT2D eigenvalue weighted by atomic mass is 28.2. The van der Waals surface area contributed by atoms with Crippen LogP contribution in [-0.2, 0) is 4.79 Å². The molecule has 6 heavy (non-hydrogen) atoms. The largest absolute Gasteiger partial charge is 0.256 e. The van der Waals surface area contributed by atoms with E-state index in [0.717, 1.165) is 6.04 Å². The average Bonchev–Trinajstić information content (AvgIpc) is 1.61. The quantitative estimate of drug-likeness (QED) is 0.270. The lowest BCUT2D eigenvalue weighted by atomic mass is 11.0. The molecule has 0 N–H and O–H groups in total. The summed E-state index contributed by atoms with van der Waals surface area (Å²) in [5.74, 6) is 0. The summed E-state index contributed by atoms with van der Waals surface area (Å²) in [7, 11) is -0.377. The Morgan fingerprint density at radius 2 is 2.67 bits per heavy atom. The van der Waals surface area contributed by atoms with E-state index < -0.39 is 0 Å². The van der Waals surface area contributed by atoms with Crippen LogP contribution in [0.2, 0.25) is 6.04 Å². The first-order chi connectivity index (χ1) is 2.91. The van der Waals surface area contributed by atoms with Crippen LogP contribution in [0.4, 0.5) is 0 Å². The van der Waals surface area contributed by atoms with Gasteiger partial charge in [-0.1, -0.05) is 6.92 Å². The summed E-state index contributed by atoms with van der Waals surface area (Å²) in [5, 5.41) is 0. The minimum absolute atomic E-state index is 0.377. The number of carbonyl (C=O) groups excluding carboxylic acids is 1. The van der Waals surface area contributed by atoms with Crippen LogP contribution < -0.4 is 0 Å². The van der Waals surface area contributed by atoms with Gasteiger partial charge in [0.05, 0.1) is 0 Å². The molecule has 34 valence electrons. The summed E-state index contributed by atoms with van der Waals surface area (Å²) in [6, 6.07) is 1.06. The maximum Gasteiger partial charge on any atom is 0.224 e. The number of isocyanates is 1. The van der Waals surface area contributed by atoms with Gasteiger partial charge in [0.2, 0.25) is 6.08 Å². The topological polar surface area (TPSA) is 29.4 Å². The zero-order chi connectivity index (χ0) is 4.83. The molecule has 0 aliphatic rings. The van der Waals surface area contributed by atoms with E-state index in [1.165, 1.54) is 6.08 Å². The average molecular weight is 101 g/mol. The fraction of sp³-hybridized carbons (Fsp3) is 0.667. The molecule has 0 aliphatic heterocycles. The zero-order valence-corrected chi connectivity index (χ0v) is 5.18. The maximum absolute atomic E-state index is 9.31. The van der Waals surface area contributed by atoms with Crippen molar-refractivity contribution in [3.05, 3.63) is 0 Å². The van der Waals surface area contributed by atoms with Crippen molar-refractivity contribution in [3.63, 3.8) is 0 Å². The molecule has 0 aromatic heterocycles. The van der Waals surface area contributed by atoms with Crippen LogP contribution >= 0.6 is 0 Å². The summed E-state index contributed by atoms with van der Waals surface area (Å²) < 4.78 is 3.42. The Balaban J connectivity index is 2.86. The third-order valence-electron chi connectivity index (χ3n) is 0.400.